The largest absolute Gasteiger partial charge is 0.388 e. The molecule has 1 amide bonds. The first-order chi connectivity index (χ1) is 13.9. The minimum Gasteiger partial charge on any atom is -0.388 e. The molecular formula is C21H29N5O3. The van der Waals surface area contributed by atoms with E-state index in [0.29, 0.717) is 18.6 Å². The van der Waals surface area contributed by atoms with Crippen LogP contribution in [0.3, 0.4) is 0 Å². The summed E-state index contributed by atoms with van der Waals surface area (Å²) in [4.78, 5) is 19.3. The van der Waals surface area contributed by atoms with Gasteiger partial charge in [0.1, 0.15) is 6.10 Å². The number of likely N-dealkylation sites (tertiary alicyclic amines) is 1. The summed E-state index contributed by atoms with van der Waals surface area (Å²) < 4.78 is 6.14. The van der Waals surface area contributed by atoms with E-state index in [9.17, 15) is 9.90 Å². The number of amides is 1. The van der Waals surface area contributed by atoms with Gasteiger partial charge in [-0.25, -0.2) is 0 Å². The molecule has 2 aromatic rings. The Hall–Kier alpha value is -2.29. The molecular weight excluding hydrogens is 370 g/mol. The van der Waals surface area contributed by atoms with Crippen LogP contribution in [0.1, 0.15) is 47.9 Å². The lowest BCUT2D eigenvalue weighted by atomic mass is 9.73. The van der Waals surface area contributed by atoms with Gasteiger partial charge in [-0.3, -0.25) is 19.8 Å². The number of rotatable bonds is 4. The number of aliphatic hydroxyl groups is 1. The molecule has 0 unspecified atom stereocenters. The molecule has 0 bridgehead atoms. The maximum absolute atomic E-state index is 12.8. The second-order valence-corrected chi connectivity index (χ2v) is 8.48. The monoisotopic (exact) mass is 399 g/mol. The molecule has 0 aliphatic carbocycles. The third kappa shape index (κ3) is 4.05. The number of nitrogens with zero attached hydrogens (tertiary/aromatic N) is 3. The Bertz CT molecular complexity index is 831. The first-order valence-electron chi connectivity index (χ1n) is 10.2. The number of H-pyrrole nitrogens is 1. The Morgan fingerprint density at radius 1 is 1.34 bits per heavy atom. The van der Waals surface area contributed by atoms with Crippen molar-refractivity contribution in [3.8, 4) is 0 Å². The van der Waals surface area contributed by atoms with E-state index in [4.69, 9.17) is 4.74 Å². The van der Waals surface area contributed by atoms with Crippen molar-refractivity contribution >= 4 is 5.91 Å². The molecule has 1 spiro atoms. The number of carbonyl (C=O) groups is 1. The van der Waals surface area contributed by atoms with Crippen LogP contribution in [0.25, 0.3) is 0 Å². The summed E-state index contributed by atoms with van der Waals surface area (Å²) in [6.07, 6.45) is 4.56. The van der Waals surface area contributed by atoms with Crippen molar-refractivity contribution < 1.29 is 14.6 Å². The van der Waals surface area contributed by atoms with E-state index in [1.54, 1.807) is 18.5 Å². The quantitative estimate of drug-likeness (QED) is 0.718. The second kappa shape index (κ2) is 7.85. The molecule has 0 saturated carbocycles. The van der Waals surface area contributed by atoms with Gasteiger partial charge < -0.3 is 15.2 Å². The van der Waals surface area contributed by atoms with Gasteiger partial charge in [0.05, 0.1) is 16.7 Å². The van der Waals surface area contributed by atoms with E-state index in [2.05, 4.69) is 25.4 Å². The lowest BCUT2D eigenvalue weighted by Crippen LogP contribution is -2.69. The summed E-state index contributed by atoms with van der Waals surface area (Å²) in [6.45, 7) is 6.76. The van der Waals surface area contributed by atoms with Crippen molar-refractivity contribution in [1.29, 1.82) is 0 Å². The minimum absolute atomic E-state index is 0.215. The SMILES string of the molecule is Cc1ccc(C(=O)N[C@@]2(C)CCOC3(CCN(Cc4ccn[nH]4)CC3)[C@@H]2O)cn1. The number of piperidine rings is 1. The highest BCUT2D eigenvalue weighted by atomic mass is 16.5. The Morgan fingerprint density at radius 2 is 2.14 bits per heavy atom. The van der Waals surface area contributed by atoms with Crippen LogP contribution < -0.4 is 5.32 Å². The molecule has 0 aromatic carbocycles. The van der Waals surface area contributed by atoms with Gasteiger partial charge in [0, 0.05) is 50.0 Å². The summed E-state index contributed by atoms with van der Waals surface area (Å²) >= 11 is 0. The van der Waals surface area contributed by atoms with Crippen LogP contribution in [-0.4, -0.2) is 68.0 Å². The van der Waals surface area contributed by atoms with E-state index in [1.807, 2.05) is 26.0 Å². The maximum Gasteiger partial charge on any atom is 0.253 e. The van der Waals surface area contributed by atoms with E-state index in [0.717, 1.165) is 43.9 Å². The smallest absolute Gasteiger partial charge is 0.253 e. The average molecular weight is 399 g/mol. The summed E-state index contributed by atoms with van der Waals surface area (Å²) in [5, 5.41) is 21.4. The highest BCUT2D eigenvalue weighted by molar-refractivity contribution is 5.94. The molecule has 8 nitrogen and oxygen atoms in total. The van der Waals surface area contributed by atoms with Gasteiger partial charge in [0.2, 0.25) is 0 Å². The van der Waals surface area contributed by atoms with Gasteiger partial charge >= 0.3 is 0 Å². The predicted octanol–water partition coefficient (Wildman–Crippen LogP) is 1.42. The maximum atomic E-state index is 12.8. The molecule has 29 heavy (non-hydrogen) atoms. The molecule has 0 radical (unpaired) electrons. The zero-order valence-corrected chi connectivity index (χ0v) is 17.0. The number of aliphatic hydroxyl groups excluding tert-OH is 1. The topological polar surface area (TPSA) is 103 Å². The van der Waals surface area contributed by atoms with E-state index < -0.39 is 17.2 Å². The van der Waals surface area contributed by atoms with Gasteiger partial charge in [-0.2, -0.15) is 5.10 Å². The second-order valence-electron chi connectivity index (χ2n) is 8.48. The Labute approximate surface area is 170 Å². The number of pyridine rings is 1. The summed E-state index contributed by atoms with van der Waals surface area (Å²) in [5.74, 6) is -0.215. The Morgan fingerprint density at radius 3 is 2.79 bits per heavy atom. The molecule has 156 valence electrons. The lowest BCUT2D eigenvalue weighted by Gasteiger charge is -2.53. The fraction of sp³-hybridized carbons (Fsp3) is 0.571. The van der Waals surface area contributed by atoms with Crippen LogP contribution in [0.2, 0.25) is 0 Å². The van der Waals surface area contributed by atoms with Gasteiger partial charge in [0.15, 0.2) is 0 Å². The number of nitrogens with one attached hydrogen (secondary N) is 2. The van der Waals surface area contributed by atoms with Crippen molar-refractivity contribution in [1.82, 2.24) is 25.4 Å². The molecule has 2 aromatic heterocycles. The van der Waals surface area contributed by atoms with Crippen molar-refractivity contribution in [3.63, 3.8) is 0 Å². The van der Waals surface area contributed by atoms with Gasteiger partial charge in [-0.15, -0.1) is 0 Å². The third-order valence-corrected chi connectivity index (χ3v) is 6.34. The number of ether oxygens (including phenoxy) is 1. The predicted molar refractivity (Wildman–Crippen MR) is 107 cm³/mol. The summed E-state index contributed by atoms with van der Waals surface area (Å²) in [5.41, 5.74) is 1.07. The highest BCUT2D eigenvalue weighted by Crippen LogP contribution is 2.40. The van der Waals surface area contributed by atoms with Crippen molar-refractivity contribution in [3.05, 3.63) is 47.5 Å². The summed E-state index contributed by atoms with van der Waals surface area (Å²) in [7, 11) is 0. The first kappa shape index (κ1) is 20.0. The number of aromatic nitrogens is 3. The Balaban J connectivity index is 1.42. The number of aryl methyl sites for hydroxylation is 1. The van der Waals surface area contributed by atoms with E-state index in [-0.39, 0.29) is 5.91 Å². The van der Waals surface area contributed by atoms with Gasteiger partial charge in [-0.1, -0.05) is 0 Å². The van der Waals surface area contributed by atoms with E-state index in [1.165, 1.54) is 0 Å². The molecule has 3 N–H and O–H groups in total. The van der Waals surface area contributed by atoms with Crippen LogP contribution in [0.5, 0.6) is 0 Å². The molecule has 4 rings (SSSR count). The van der Waals surface area contributed by atoms with Gasteiger partial charge in [-0.05, 0) is 51.3 Å². The molecule has 4 heterocycles. The minimum atomic E-state index is -0.777. The van der Waals surface area contributed by atoms with Crippen molar-refractivity contribution in [2.45, 2.75) is 56.9 Å². The average Bonchev–Trinajstić information content (AvgIpc) is 3.21. The van der Waals surface area contributed by atoms with Crippen LogP contribution in [0, 0.1) is 6.92 Å². The number of hydrogen-bond acceptors (Lipinski definition) is 6. The standard InChI is InChI=1S/C21H29N5O3/c1-15-3-4-16(13-22-15)18(27)24-20(2)8-12-29-21(19(20)28)6-10-26(11-7-21)14-17-5-9-23-25-17/h3-5,9,13,19,28H,6-8,10-12,14H2,1-2H3,(H,23,25)(H,24,27)/t19-,20+/m1/s1. The molecule has 8 heteroatoms. The highest BCUT2D eigenvalue weighted by Gasteiger charge is 2.53. The van der Waals surface area contributed by atoms with Crippen LogP contribution in [-0.2, 0) is 11.3 Å². The Kier molecular flexibility index (Phi) is 5.42. The fourth-order valence-electron chi connectivity index (χ4n) is 4.45. The zero-order valence-electron chi connectivity index (χ0n) is 17.0. The fourth-order valence-corrected chi connectivity index (χ4v) is 4.45. The third-order valence-electron chi connectivity index (χ3n) is 6.34. The molecule has 2 aliphatic heterocycles. The first-order valence-corrected chi connectivity index (χ1v) is 10.2. The number of aromatic amines is 1. The lowest BCUT2D eigenvalue weighted by molar-refractivity contribution is -0.206. The van der Waals surface area contributed by atoms with E-state index >= 15 is 0 Å². The van der Waals surface area contributed by atoms with Crippen LogP contribution in [0.15, 0.2) is 30.6 Å². The zero-order chi connectivity index (χ0) is 20.5. The van der Waals surface area contributed by atoms with Crippen LogP contribution in [0.4, 0.5) is 0 Å². The number of hydrogen-bond donors (Lipinski definition) is 3. The number of carbonyl (C=O) groups excluding carboxylic acids is 1. The molecule has 2 aliphatic rings. The van der Waals surface area contributed by atoms with Gasteiger partial charge in [0.25, 0.3) is 5.91 Å². The normalized spacial score (nSPS) is 27.1. The molecule has 2 atom stereocenters. The van der Waals surface area contributed by atoms with Crippen LogP contribution >= 0.6 is 0 Å². The molecule has 2 fully saturated rings. The molecule has 2 saturated heterocycles. The summed E-state index contributed by atoms with van der Waals surface area (Å²) in [6, 6.07) is 5.55. The van der Waals surface area contributed by atoms with Crippen molar-refractivity contribution in [2.75, 3.05) is 19.7 Å². The van der Waals surface area contributed by atoms with Crippen molar-refractivity contribution in [2.24, 2.45) is 0 Å².